The topological polar surface area (TPSA) is 85.6 Å². The normalized spacial score (nSPS) is 13.2. The molecule has 0 radical (unpaired) electrons. The molecule has 2 aromatic heterocycles. The van der Waals surface area contributed by atoms with Crippen molar-refractivity contribution in [3.05, 3.63) is 92.6 Å². The molecule has 6 rings (SSSR count). The van der Waals surface area contributed by atoms with Crippen molar-refractivity contribution < 1.29 is 9.53 Å². The number of carbonyl (C=O) groups is 1. The Hall–Kier alpha value is -3.95. The molecule has 0 fully saturated rings. The van der Waals surface area contributed by atoms with E-state index in [1.54, 1.807) is 29.2 Å². The van der Waals surface area contributed by atoms with Crippen LogP contribution in [0.3, 0.4) is 0 Å². The second-order valence-corrected chi connectivity index (χ2v) is 11.8. The lowest BCUT2D eigenvalue weighted by Gasteiger charge is -2.13. The number of thioether (sulfide) groups is 1. The van der Waals surface area contributed by atoms with E-state index < -0.39 is 0 Å². The van der Waals surface area contributed by atoms with Gasteiger partial charge in [-0.05, 0) is 67.1 Å². The summed E-state index contributed by atoms with van der Waals surface area (Å²) in [5, 5.41) is 7.46. The number of ether oxygens (including phenoxy) is 1. The van der Waals surface area contributed by atoms with Gasteiger partial charge in [0.05, 0.1) is 30.2 Å². The third-order valence-electron chi connectivity index (χ3n) is 7.12. The van der Waals surface area contributed by atoms with E-state index in [1.807, 2.05) is 67.6 Å². The minimum atomic E-state index is -0.296. The molecule has 0 aliphatic heterocycles. The molecule has 202 valence electrons. The van der Waals surface area contributed by atoms with Crippen LogP contribution in [0.1, 0.15) is 34.4 Å². The Morgan fingerprint density at radius 3 is 2.75 bits per heavy atom. The zero-order chi connectivity index (χ0) is 27.6. The molecule has 0 unspecified atom stereocenters. The van der Waals surface area contributed by atoms with Crippen LogP contribution in [-0.2, 0) is 17.6 Å². The van der Waals surface area contributed by atoms with Gasteiger partial charge in [-0.3, -0.25) is 14.2 Å². The molecule has 0 saturated carbocycles. The summed E-state index contributed by atoms with van der Waals surface area (Å²) >= 11 is 2.84. The Morgan fingerprint density at radius 2 is 1.93 bits per heavy atom. The Kier molecular flexibility index (Phi) is 7.40. The highest BCUT2D eigenvalue weighted by Crippen LogP contribution is 2.35. The maximum Gasteiger partial charge on any atom is 0.267 e. The molecule has 0 atom stereocenters. The standard InChI is InChI=1S/C31H28N4O3S2/c1-19-11-14-21(15-12-19)35-30(37)28-23-9-5-6-10-26(23)40-29(28)33-31(35)39-18-27(36)34-32-17-24-22-8-4-3-7-20(22)13-16-25(24)38-2/h3-4,7-8,11-17H,5-6,9-10,18H2,1-2H3,(H,34,36)/b32-17+. The molecule has 1 aliphatic carbocycles. The molecule has 9 heteroatoms. The summed E-state index contributed by atoms with van der Waals surface area (Å²) in [6.07, 6.45) is 5.73. The summed E-state index contributed by atoms with van der Waals surface area (Å²) in [4.78, 5) is 33.6. The van der Waals surface area contributed by atoms with Gasteiger partial charge in [0.1, 0.15) is 10.6 Å². The number of methoxy groups -OCH3 is 1. The van der Waals surface area contributed by atoms with Gasteiger partial charge in [0, 0.05) is 10.4 Å². The number of amides is 1. The molecule has 2 heterocycles. The summed E-state index contributed by atoms with van der Waals surface area (Å²) in [6, 6.07) is 19.6. The van der Waals surface area contributed by atoms with Crippen LogP contribution in [-0.4, -0.2) is 34.5 Å². The second-order valence-electron chi connectivity index (χ2n) is 9.75. The largest absolute Gasteiger partial charge is 0.496 e. The highest BCUT2D eigenvalue weighted by Gasteiger charge is 2.23. The van der Waals surface area contributed by atoms with E-state index in [0.29, 0.717) is 10.9 Å². The molecule has 1 N–H and O–H groups in total. The van der Waals surface area contributed by atoms with Gasteiger partial charge in [0.15, 0.2) is 5.16 Å². The molecular weight excluding hydrogens is 541 g/mol. The average Bonchev–Trinajstić information content (AvgIpc) is 3.35. The van der Waals surface area contributed by atoms with Gasteiger partial charge >= 0.3 is 0 Å². The monoisotopic (exact) mass is 568 g/mol. The first kappa shape index (κ1) is 26.3. The first-order valence-electron chi connectivity index (χ1n) is 13.2. The Morgan fingerprint density at radius 1 is 1.12 bits per heavy atom. The van der Waals surface area contributed by atoms with Crippen molar-refractivity contribution in [3.8, 4) is 11.4 Å². The van der Waals surface area contributed by atoms with Crippen molar-refractivity contribution in [2.24, 2.45) is 5.10 Å². The van der Waals surface area contributed by atoms with E-state index in [-0.39, 0.29) is 17.2 Å². The first-order chi connectivity index (χ1) is 19.5. The molecule has 0 spiro atoms. The van der Waals surface area contributed by atoms with Gasteiger partial charge in [-0.1, -0.05) is 59.8 Å². The van der Waals surface area contributed by atoms with Crippen molar-refractivity contribution in [2.75, 3.05) is 12.9 Å². The third kappa shape index (κ3) is 5.02. The van der Waals surface area contributed by atoms with E-state index in [0.717, 1.165) is 69.1 Å². The molecule has 0 bridgehead atoms. The van der Waals surface area contributed by atoms with Crippen molar-refractivity contribution in [3.63, 3.8) is 0 Å². The maximum absolute atomic E-state index is 13.9. The molecular formula is C31H28N4O3S2. The smallest absolute Gasteiger partial charge is 0.267 e. The summed E-state index contributed by atoms with van der Waals surface area (Å²) in [5.74, 6) is 0.430. The lowest BCUT2D eigenvalue weighted by Crippen LogP contribution is -2.24. The van der Waals surface area contributed by atoms with Gasteiger partial charge in [-0.15, -0.1) is 11.3 Å². The molecule has 3 aromatic carbocycles. The highest BCUT2D eigenvalue weighted by molar-refractivity contribution is 7.99. The van der Waals surface area contributed by atoms with E-state index in [2.05, 4.69) is 10.5 Å². The van der Waals surface area contributed by atoms with Crippen LogP contribution < -0.4 is 15.7 Å². The number of hydrogen-bond donors (Lipinski definition) is 1. The number of carbonyl (C=O) groups excluding carboxylic acids is 1. The van der Waals surface area contributed by atoms with Gasteiger partial charge < -0.3 is 4.74 Å². The minimum Gasteiger partial charge on any atom is -0.496 e. The third-order valence-corrected chi connectivity index (χ3v) is 9.24. The number of nitrogens with zero attached hydrogens (tertiary/aromatic N) is 3. The van der Waals surface area contributed by atoms with Crippen molar-refractivity contribution in [1.82, 2.24) is 15.0 Å². The number of rotatable bonds is 7. The van der Waals surface area contributed by atoms with E-state index in [4.69, 9.17) is 9.72 Å². The number of hydrazone groups is 1. The fourth-order valence-corrected chi connectivity index (χ4v) is 7.23. The number of thiophene rings is 1. The van der Waals surface area contributed by atoms with Crippen LogP contribution in [0.2, 0.25) is 0 Å². The summed E-state index contributed by atoms with van der Waals surface area (Å²) in [7, 11) is 1.61. The average molecular weight is 569 g/mol. The predicted molar refractivity (Wildman–Crippen MR) is 164 cm³/mol. The van der Waals surface area contributed by atoms with Crippen LogP contribution in [0.5, 0.6) is 5.75 Å². The zero-order valence-corrected chi connectivity index (χ0v) is 23.9. The molecule has 5 aromatic rings. The van der Waals surface area contributed by atoms with Crippen LogP contribution in [0.15, 0.2) is 75.7 Å². The minimum absolute atomic E-state index is 0.0545. The van der Waals surface area contributed by atoms with Crippen molar-refractivity contribution in [2.45, 2.75) is 37.8 Å². The molecule has 0 saturated heterocycles. The number of fused-ring (bicyclic) bond motifs is 4. The van der Waals surface area contributed by atoms with Crippen molar-refractivity contribution >= 4 is 56.2 Å². The molecule has 1 aliphatic rings. The number of aryl methyl sites for hydroxylation is 3. The van der Waals surface area contributed by atoms with Crippen LogP contribution in [0.4, 0.5) is 0 Å². The van der Waals surface area contributed by atoms with Crippen molar-refractivity contribution in [1.29, 1.82) is 0 Å². The van der Waals surface area contributed by atoms with Crippen LogP contribution in [0, 0.1) is 6.92 Å². The Labute approximate surface area is 239 Å². The van der Waals surface area contributed by atoms with Gasteiger partial charge in [0.25, 0.3) is 11.5 Å². The summed E-state index contributed by atoms with van der Waals surface area (Å²) in [5.41, 5.74) is 6.33. The molecule has 7 nitrogen and oxygen atoms in total. The van der Waals surface area contributed by atoms with Crippen LogP contribution in [0.25, 0.3) is 26.7 Å². The molecule has 1 amide bonds. The fraction of sp³-hybridized carbons (Fsp3) is 0.226. The number of aromatic nitrogens is 2. The van der Waals surface area contributed by atoms with Gasteiger partial charge in [0.2, 0.25) is 0 Å². The molecule has 40 heavy (non-hydrogen) atoms. The summed E-state index contributed by atoms with van der Waals surface area (Å²) in [6.45, 7) is 2.01. The fourth-order valence-electron chi connectivity index (χ4n) is 5.12. The number of nitrogens with one attached hydrogen (secondary N) is 1. The first-order valence-corrected chi connectivity index (χ1v) is 15.0. The van der Waals surface area contributed by atoms with E-state index >= 15 is 0 Å². The zero-order valence-electron chi connectivity index (χ0n) is 22.3. The van der Waals surface area contributed by atoms with E-state index in [1.165, 1.54) is 16.6 Å². The summed E-state index contributed by atoms with van der Waals surface area (Å²) < 4.78 is 7.15. The quantitative estimate of drug-likeness (QED) is 0.112. The lowest BCUT2D eigenvalue weighted by atomic mass is 9.97. The predicted octanol–water partition coefficient (Wildman–Crippen LogP) is 6.04. The number of hydrogen-bond acceptors (Lipinski definition) is 7. The Balaban J connectivity index is 1.27. The number of benzene rings is 3. The van der Waals surface area contributed by atoms with Gasteiger partial charge in [-0.2, -0.15) is 5.10 Å². The highest BCUT2D eigenvalue weighted by atomic mass is 32.2. The lowest BCUT2D eigenvalue weighted by molar-refractivity contribution is -0.118. The van der Waals surface area contributed by atoms with Gasteiger partial charge in [-0.25, -0.2) is 10.4 Å². The second kappa shape index (κ2) is 11.3. The Bertz CT molecular complexity index is 1820. The maximum atomic E-state index is 13.9. The van der Waals surface area contributed by atoms with Crippen LogP contribution >= 0.6 is 23.1 Å². The van der Waals surface area contributed by atoms with E-state index in [9.17, 15) is 9.59 Å². The SMILES string of the molecule is COc1ccc2ccccc2c1/C=N/NC(=O)CSc1nc2sc3c(c2c(=O)n1-c1ccc(C)cc1)CCCC3.